The maximum absolute atomic E-state index is 9.90. The molecule has 3 nitrogen and oxygen atoms in total. The Kier molecular flexibility index (Phi) is 1.26. The van der Waals surface area contributed by atoms with Crippen LogP contribution in [0.25, 0.3) is 0 Å². The highest BCUT2D eigenvalue weighted by Crippen LogP contribution is 1.99. The molecule has 0 amide bonds. The van der Waals surface area contributed by atoms with E-state index in [1.165, 1.54) is 22.2 Å². The smallest absolute Gasteiger partial charge is 0.240 e. The molecule has 0 bridgehead atoms. The minimum absolute atomic E-state index is 0.00926. The number of rotatable bonds is 1. The maximum Gasteiger partial charge on any atom is 0.405 e. The van der Waals surface area contributed by atoms with Gasteiger partial charge >= 0.3 is 5.97 Å². The van der Waals surface area contributed by atoms with Gasteiger partial charge in [0.1, 0.15) is 0 Å². The van der Waals surface area contributed by atoms with E-state index in [2.05, 4.69) is 4.98 Å². The summed E-state index contributed by atoms with van der Waals surface area (Å²) in [5, 5.41) is 11.3. The van der Waals surface area contributed by atoms with E-state index in [9.17, 15) is 9.90 Å². The molecule has 1 rings (SSSR count). The molecule has 0 spiro atoms. The number of carbonyl (C=O) groups excluding carboxylic acids is 1. The minimum Gasteiger partial charge on any atom is -0.240 e. The van der Waals surface area contributed by atoms with Gasteiger partial charge in [0, 0.05) is 5.38 Å². The van der Waals surface area contributed by atoms with Gasteiger partial charge in [0.25, 0.3) is 0 Å². The van der Waals surface area contributed by atoms with Gasteiger partial charge in [-0.15, -0.1) is 11.3 Å². The van der Waals surface area contributed by atoms with Crippen molar-refractivity contribution in [3.05, 3.63) is 16.6 Å². The highest BCUT2D eigenvalue weighted by Gasteiger charge is 2.04. The van der Waals surface area contributed by atoms with Crippen LogP contribution in [0, 0.1) is 0 Å². The summed E-state index contributed by atoms with van der Waals surface area (Å²) >= 11 is 1.24. The van der Waals surface area contributed by atoms with Crippen LogP contribution >= 0.6 is 11.3 Å². The summed E-state index contributed by atoms with van der Waals surface area (Å²) < 4.78 is 0. The van der Waals surface area contributed by atoms with Crippen LogP contribution in [0.1, 0.15) is 10.5 Å². The van der Waals surface area contributed by atoms with Crippen molar-refractivity contribution in [2.24, 2.45) is 0 Å². The van der Waals surface area contributed by atoms with Crippen LogP contribution < -0.4 is 0 Å². The van der Waals surface area contributed by atoms with Crippen LogP contribution in [-0.4, -0.2) is 11.0 Å². The molecule has 0 aliphatic heterocycles. The van der Waals surface area contributed by atoms with Crippen LogP contribution in [-0.2, 0) is 5.11 Å². The molecule has 0 saturated carbocycles. The fourth-order valence-electron chi connectivity index (χ4n) is 0.313. The summed E-state index contributed by atoms with van der Waals surface area (Å²) in [6.07, 6.45) is 0. The third-order valence-electron chi connectivity index (χ3n) is 0.641. The van der Waals surface area contributed by atoms with Gasteiger partial charge in [-0.25, -0.2) is 14.9 Å². The van der Waals surface area contributed by atoms with Crippen LogP contribution in [0.4, 0.5) is 0 Å². The monoisotopic (exact) mass is 128 g/mol. The maximum atomic E-state index is 9.90. The molecular weight excluding hydrogens is 126 g/mol. The van der Waals surface area contributed by atoms with Gasteiger partial charge < -0.3 is 0 Å². The summed E-state index contributed by atoms with van der Waals surface area (Å²) in [7, 11) is 0. The fourth-order valence-corrected chi connectivity index (χ4v) is 0.835. The Hall–Kier alpha value is -0.900. The Morgan fingerprint density at radius 2 is 2.50 bits per heavy atom. The number of nitrogens with zero attached hydrogens (tertiary/aromatic N) is 1. The van der Waals surface area contributed by atoms with E-state index in [0.717, 1.165) is 0 Å². The van der Waals surface area contributed by atoms with Gasteiger partial charge in [0.05, 0.1) is 5.51 Å². The number of carbonyl (C=O) groups is 1. The van der Waals surface area contributed by atoms with E-state index in [-0.39, 0.29) is 5.69 Å². The van der Waals surface area contributed by atoms with Crippen molar-refractivity contribution in [3.63, 3.8) is 0 Å². The summed E-state index contributed by atoms with van der Waals surface area (Å²) in [6.45, 7) is 0. The molecule has 0 unspecified atom stereocenters. The van der Waals surface area contributed by atoms with Crippen molar-refractivity contribution in [2.45, 2.75) is 0 Å². The lowest BCUT2D eigenvalue weighted by atomic mass is 10.5. The van der Waals surface area contributed by atoms with E-state index >= 15 is 0 Å². The Morgan fingerprint density at radius 1 is 1.75 bits per heavy atom. The molecule has 0 aliphatic rings. The first-order valence-corrected chi connectivity index (χ1v) is 2.84. The van der Waals surface area contributed by atoms with Gasteiger partial charge in [-0.05, 0) is 0 Å². The number of hydrogen-bond donors (Lipinski definition) is 0. The Bertz CT molecular complexity index is 182. The molecule has 0 atom stereocenters. The standard InChI is InChI=1S/C4H2NO2S/c6-4(7)3-1-8-2-5-3/h1-2H. The van der Waals surface area contributed by atoms with E-state index in [4.69, 9.17) is 0 Å². The SMILES string of the molecule is [O]C(=O)c1cscn1. The van der Waals surface area contributed by atoms with Crippen LogP contribution in [0.2, 0.25) is 0 Å². The molecule has 4 heteroatoms. The Balaban J connectivity index is 2.93. The van der Waals surface area contributed by atoms with Crippen LogP contribution in [0.15, 0.2) is 10.9 Å². The summed E-state index contributed by atoms with van der Waals surface area (Å²) in [4.78, 5) is 13.4. The van der Waals surface area contributed by atoms with Gasteiger partial charge in [-0.1, -0.05) is 0 Å². The quantitative estimate of drug-likeness (QED) is 0.559. The Labute approximate surface area is 49.6 Å². The van der Waals surface area contributed by atoms with Crippen molar-refractivity contribution in [2.75, 3.05) is 0 Å². The van der Waals surface area contributed by atoms with E-state index in [1.54, 1.807) is 0 Å². The van der Waals surface area contributed by atoms with Gasteiger partial charge in [-0.2, -0.15) is 0 Å². The molecule has 1 heterocycles. The van der Waals surface area contributed by atoms with Gasteiger partial charge in [0.15, 0.2) is 5.69 Å². The molecule has 0 aliphatic carbocycles. The van der Waals surface area contributed by atoms with Gasteiger partial charge in [0.2, 0.25) is 0 Å². The topological polar surface area (TPSA) is 49.9 Å². The second-order valence-corrected chi connectivity index (χ2v) is 1.88. The second-order valence-electron chi connectivity index (χ2n) is 1.16. The third-order valence-corrected chi connectivity index (χ3v) is 1.23. The van der Waals surface area contributed by atoms with E-state index < -0.39 is 5.97 Å². The van der Waals surface area contributed by atoms with Crippen molar-refractivity contribution in [1.29, 1.82) is 0 Å². The zero-order valence-electron chi connectivity index (χ0n) is 3.83. The highest BCUT2D eigenvalue weighted by atomic mass is 32.1. The van der Waals surface area contributed by atoms with Crippen LogP contribution in [0.5, 0.6) is 0 Å². The zero-order chi connectivity index (χ0) is 5.98. The minimum atomic E-state index is -1.22. The van der Waals surface area contributed by atoms with Crippen molar-refractivity contribution >= 4 is 17.3 Å². The summed E-state index contributed by atoms with van der Waals surface area (Å²) in [5.41, 5.74) is 1.46. The van der Waals surface area contributed by atoms with Crippen molar-refractivity contribution in [1.82, 2.24) is 4.98 Å². The molecule has 1 aromatic rings. The lowest BCUT2D eigenvalue weighted by Crippen LogP contribution is -1.91. The van der Waals surface area contributed by atoms with Crippen LogP contribution in [0.3, 0.4) is 0 Å². The summed E-state index contributed by atoms with van der Waals surface area (Å²) in [5.74, 6) is -1.22. The molecule has 0 aromatic carbocycles. The predicted molar refractivity (Wildman–Crippen MR) is 27.1 cm³/mol. The van der Waals surface area contributed by atoms with Crippen molar-refractivity contribution < 1.29 is 9.90 Å². The average Bonchev–Trinajstić information content (AvgIpc) is 2.12. The molecule has 41 valence electrons. The first-order chi connectivity index (χ1) is 3.80. The average molecular weight is 128 g/mol. The molecule has 0 fully saturated rings. The molecule has 1 radical (unpaired) electrons. The second kappa shape index (κ2) is 1.92. The highest BCUT2D eigenvalue weighted by molar-refractivity contribution is 7.07. The van der Waals surface area contributed by atoms with E-state index in [0.29, 0.717) is 0 Å². The molecule has 0 N–H and O–H groups in total. The normalized spacial score (nSPS) is 9.00. The molecule has 8 heavy (non-hydrogen) atoms. The first-order valence-electron chi connectivity index (χ1n) is 1.90. The molecule has 0 saturated heterocycles. The third kappa shape index (κ3) is 0.840. The summed E-state index contributed by atoms with van der Waals surface area (Å²) in [6, 6.07) is 0. The largest absolute Gasteiger partial charge is 0.405 e. The van der Waals surface area contributed by atoms with Gasteiger partial charge in [-0.3, -0.25) is 0 Å². The lowest BCUT2D eigenvalue weighted by molar-refractivity contribution is 0.0567. The number of aromatic nitrogens is 1. The molecule has 1 aromatic heterocycles. The lowest BCUT2D eigenvalue weighted by Gasteiger charge is -1.72. The number of hydrogen-bond acceptors (Lipinski definition) is 3. The first kappa shape index (κ1) is 5.24. The van der Waals surface area contributed by atoms with E-state index in [1.807, 2.05) is 0 Å². The Morgan fingerprint density at radius 3 is 2.75 bits per heavy atom. The predicted octanol–water partition coefficient (Wildman–Crippen LogP) is 0.714. The number of thiazole rings is 1. The van der Waals surface area contributed by atoms with Crippen molar-refractivity contribution in [3.8, 4) is 0 Å². The fraction of sp³-hybridized carbons (Fsp3) is 0. The zero-order valence-corrected chi connectivity index (χ0v) is 4.64. The molecular formula is C4H2NO2S.